The number of para-hydroxylation sites is 1. The van der Waals surface area contributed by atoms with Crippen LogP contribution in [-0.2, 0) is 4.74 Å². The molecule has 0 spiro atoms. The number of hydrogen-bond donors (Lipinski definition) is 3. The zero-order valence-corrected chi connectivity index (χ0v) is 16.4. The molecule has 0 radical (unpaired) electrons. The van der Waals surface area contributed by atoms with Crippen molar-refractivity contribution in [2.45, 2.75) is 26.4 Å². The van der Waals surface area contributed by atoms with E-state index in [4.69, 9.17) is 4.74 Å². The number of nitrogens with zero attached hydrogens (tertiary/aromatic N) is 1. The van der Waals surface area contributed by atoms with Crippen molar-refractivity contribution in [1.29, 1.82) is 0 Å². The Balaban J connectivity index is 1.87. The third-order valence-corrected chi connectivity index (χ3v) is 3.94. The second kappa shape index (κ2) is 7.82. The van der Waals surface area contributed by atoms with Crippen LogP contribution in [0.2, 0.25) is 0 Å². The quantitative estimate of drug-likeness (QED) is 0.417. The van der Waals surface area contributed by atoms with E-state index in [1.54, 1.807) is 26.8 Å². The Bertz CT molecular complexity index is 1150. The van der Waals surface area contributed by atoms with Gasteiger partial charge in [0.05, 0.1) is 16.3 Å². The van der Waals surface area contributed by atoms with Crippen molar-refractivity contribution in [1.82, 2.24) is 4.98 Å². The number of rotatable bonds is 4. The molecule has 3 rings (SSSR count). The highest BCUT2D eigenvalue weighted by molar-refractivity contribution is 6.08. The maximum absolute atomic E-state index is 13.7. The van der Waals surface area contributed by atoms with Crippen molar-refractivity contribution in [2.75, 3.05) is 10.6 Å². The number of H-pyrrole nitrogens is 1. The molecule has 30 heavy (non-hydrogen) atoms. The first-order chi connectivity index (χ1) is 14.0. The molecule has 10 heteroatoms. The number of aromatic amines is 1. The maximum atomic E-state index is 13.7. The lowest BCUT2D eigenvalue weighted by atomic mass is 10.2. The number of benzene rings is 2. The van der Waals surface area contributed by atoms with Crippen LogP contribution in [0.5, 0.6) is 0 Å². The lowest BCUT2D eigenvalue weighted by molar-refractivity contribution is -0.383. The SMILES string of the molecule is CC(C)(C)OC(=O)Nc1ccc(F)cc1NC(=O)c1cc2cccc([N+](=O)[O-])c2[nH]1. The van der Waals surface area contributed by atoms with E-state index in [2.05, 4.69) is 15.6 Å². The predicted molar refractivity (Wildman–Crippen MR) is 109 cm³/mol. The Hall–Kier alpha value is -3.95. The van der Waals surface area contributed by atoms with Gasteiger partial charge in [0.15, 0.2) is 0 Å². The van der Waals surface area contributed by atoms with Crippen molar-refractivity contribution >= 4 is 40.0 Å². The van der Waals surface area contributed by atoms with Crippen LogP contribution in [0.15, 0.2) is 42.5 Å². The van der Waals surface area contributed by atoms with Gasteiger partial charge in [0.2, 0.25) is 0 Å². The van der Waals surface area contributed by atoms with Crippen LogP contribution in [0.25, 0.3) is 10.9 Å². The lowest BCUT2D eigenvalue weighted by Gasteiger charge is -2.20. The summed E-state index contributed by atoms with van der Waals surface area (Å²) in [5, 5.41) is 16.6. The Kier molecular flexibility index (Phi) is 5.41. The van der Waals surface area contributed by atoms with Gasteiger partial charge in [0.25, 0.3) is 11.6 Å². The van der Waals surface area contributed by atoms with Crippen LogP contribution in [0.4, 0.5) is 26.2 Å². The molecule has 2 aromatic carbocycles. The maximum Gasteiger partial charge on any atom is 0.412 e. The van der Waals surface area contributed by atoms with E-state index in [9.17, 15) is 24.1 Å². The fourth-order valence-corrected chi connectivity index (χ4v) is 2.75. The number of aromatic nitrogens is 1. The van der Waals surface area contributed by atoms with Crippen LogP contribution in [0, 0.1) is 15.9 Å². The molecule has 0 atom stereocenters. The summed E-state index contributed by atoms with van der Waals surface area (Å²) in [5.74, 6) is -1.30. The van der Waals surface area contributed by atoms with Crippen LogP contribution < -0.4 is 10.6 Å². The smallest absolute Gasteiger partial charge is 0.412 e. The summed E-state index contributed by atoms with van der Waals surface area (Å²) in [6.07, 6.45) is -0.772. The number of hydrogen-bond acceptors (Lipinski definition) is 5. The van der Waals surface area contributed by atoms with Crippen molar-refractivity contribution < 1.29 is 23.6 Å². The number of carbonyl (C=O) groups excluding carboxylic acids is 2. The summed E-state index contributed by atoms with van der Waals surface area (Å²) in [6, 6.07) is 9.32. The molecule has 0 saturated carbocycles. The van der Waals surface area contributed by atoms with Gasteiger partial charge in [-0.15, -0.1) is 0 Å². The summed E-state index contributed by atoms with van der Waals surface area (Å²) >= 11 is 0. The highest BCUT2D eigenvalue weighted by atomic mass is 19.1. The Morgan fingerprint density at radius 1 is 1.10 bits per heavy atom. The minimum Gasteiger partial charge on any atom is -0.444 e. The number of halogens is 1. The summed E-state index contributed by atoms with van der Waals surface area (Å²) in [7, 11) is 0. The van der Waals surface area contributed by atoms with Gasteiger partial charge in [-0.1, -0.05) is 12.1 Å². The number of ether oxygens (including phenoxy) is 1. The summed E-state index contributed by atoms with van der Waals surface area (Å²) < 4.78 is 18.9. The molecular formula is C20H19FN4O5. The molecule has 0 fully saturated rings. The third kappa shape index (κ3) is 4.72. The van der Waals surface area contributed by atoms with Gasteiger partial charge in [-0.05, 0) is 45.0 Å². The van der Waals surface area contributed by atoms with E-state index >= 15 is 0 Å². The monoisotopic (exact) mass is 414 g/mol. The predicted octanol–water partition coefficient (Wildman–Crippen LogP) is 4.81. The first-order valence-electron chi connectivity index (χ1n) is 8.90. The van der Waals surface area contributed by atoms with Crippen molar-refractivity contribution in [3.63, 3.8) is 0 Å². The van der Waals surface area contributed by atoms with E-state index < -0.39 is 28.3 Å². The minimum atomic E-state index is -0.772. The topological polar surface area (TPSA) is 126 Å². The largest absolute Gasteiger partial charge is 0.444 e. The average Bonchev–Trinajstić information content (AvgIpc) is 3.06. The van der Waals surface area contributed by atoms with Crippen molar-refractivity contribution in [2.24, 2.45) is 0 Å². The number of amides is 2. The molecule has 1 heterocycles. The van der Waals surface area contributed by atoms with Crippen LogP contribution in [0.1, 0.15) is 31.3 Å². The molecule has 0 aliphatic carbocycles. The first kappa shape index (κ1) is 20.8. The van der Waals surface area contributed by atoms with Gasteiger partial charge >= 0.3 is 6.09 Å². The number of nitrogens with one attached hydrogen (secondary N) is 3. The van der Waals surface area contributed by atoms with Gasteiger partial charge in [0.1, 0.15) is 22.6 Å². The Labute approximate surface area is 170 Å². The van der Waals surface area contributed by atoms with E-state index in [1.165, 1.54) is 24.3 Å². The molecule has 3 aromatic rings. The average molecular weight is 414 g/mol. The molecule has 0 unspecified atom stereocenters. The molecule has 9 nitrogen and oxygen atoms in total. The van der Waals surface area contributed by atoms with Gasteiger partial charge < -0.3 is 15.0 Å². The molecular weight excluding hydrogens is 395 g/mol. The second-order valence-corrected chi connectivity index (χ2v) is 7.45. The van der Waals surface area contributed by atoms with Crippen LogP contribution in [-0.4, -0.2) is 27.5 Å². The molecule has 1 aromatic heterocycles. The fraction of sp³-hybridized carbons (Fsp3) is 0.200. The molecule has 3 N–H and O–H groups in total. The molecule has 156 valence electrons. The highest BCUT2D eigenvalue weighted by Crippen LogP contribution is 2.27. The number of anilines is 2. The van der Waals surface area contributed by atoms with Gasteiger partial charge in [-0.2, -0.15) is 0 Å². The zero-order valence-electron chi connectivity index (χ0n) is 16.4. The molecule has 0 aliphatic heterocycles. The fourth-order valence-electron chi connectivity index (χ4n) is 2.75. The van der Waals surface area contributed by atoms with Crippen LogP contribution in [0.3, 0.4) is 0 Å². The zero-order chi connectivity index (χ0) is 22.1. The van der Waals surface area contributed by atoms with E-state index in [0.29, 0.717) is 5.39 Å². The summed E-state index contributed by atoms with van der Waals surface area (Å²) in [5.41, 5.74) is -0.567. The molecule has 0 aliphatic rings. The molecule has 2 amide bonds. The summed E-state index contributed by atoms with van der Waals surface area (Å²) in [6.45, 7) is 5.07. The number of nitro groups is 1. The standard InChI is InChI=1S/C20H19FN4O5/c1-20(2,3)30-19(27)24-13-8-7-12(21)10-14(13)23-18(26)15-9-11-5-4-6-16(25(28)29)17(11)22-15/h4-10,22H,1-3H3,(H,23,26)(H,24,27). The van der Waals surface area contributed by atoms with Gasteiger partial charge in [-0.3, -0.25) is 20.2 Å². The normalized spacial score (nSPS) is 11.2. The molecule has 0 saturated heterocycles. The van der Waals surface area contributed by atoms with E-state index in [1.807, 2.05) is 0 Å². The number of non-ortho nitro benzene ring substituents is 1. The highest BCUT2D eigenvalue weighted by Gasteiger charge is 2.20. The number of fused-ring (bicyclic) bond motifs is 1. The number of nitro benzene ring substituents is 1. The first-order valence-corrected chi connectivity index (χ1v) is 8.90. The summed E-state index contributed by atoms with van der Waals surface area (Å²) in [4.78, 5) is 38.0. The second-order valence-electron chi connectivity index (χ2n) is 7.45. The lowest BCUT2D eigenvalue weighted by Crippen LogP contribution is -2.27. The van der Waals surface area contributed by atoms with E-state index in [-0.39, 0.29) is 28.3 Å². The van der Waals surface area contributed by atoms with Gasteiger partial charge in [0, 0.05) is 11.5 Å². The third-order valence-electron chi connectivity index (χ3n) is 3.94. The van der Waals surface area contributed by atoms with Gasteiger partial charge in [-0.25, -0.2) is 9.18 Å². The van der Waals surface area contributed by atoms with E-state index in [0.717, 1.165) is 12.1 Å². The van der Waals surface area contributed by atoms with Crippen LogP contribution >= 0.6 is 0 Å². The van der Waals surface area contributed by atoms with Crippen molar-refractivity contribution in [3.05, 3.63) is 64.1 Å². The Morgan fingerprint density at radius 2 is 1.83 bits per heavy atom. The Morgan fingerprint density at radius 3 is 2.50 bits per heavy atom. The van der Waals surface area contributed by atoms with Crippen molar-refractivity contribution in [3.8, 4) is 0 Å². The molecule has 0 bridgehead atoms. The minimum absolute atomic E-state index is 0.000912. The number of carbonyl (C=O) groups is 2.